The van der Waals surface area contributed by atoms with Crippen molar-refractivity contribution in [3.05, 3.63) is 67.5 Å². The first-order chi connectivity index (χ1) is 12.7. The van der Waals surface area contributed by atoms with Crippen molar-refractivity contribution < 1.29 is 13.2 Å². The average Bonchev–Trinajstić information content (AvgIpc) is 3.18. The number of hydrogen-bond acceptors (Lipinski definition) is 4. The van der Waals surface area contributed by atoms with Gasteiger partial charge in [0.15, 0.2) is 4.21 Å². The third-order valence-corrected chi connectivity index (χ3v) is 8.68. The van der Waals surface area contributed by atoms with Crippen LogP contribution in [0.3, 0.4) is 0 Å². The Kier molecular flexibility index (Phi) is 6.17. The lowest BCUT2D eigenvalue weighted by Crippen LogP contribution is -2.30. The van der Waals surface area contributed by atoms with Crippen LogP contribution in [0.25, 0.3) is 5.57 Å². The van der Waals surface area contributed by atoms with Crippen LogP contribution in [-0.2, 0) is 14.8 Å². The Morgan fingerprint density at radius 2 is 2.00 bits per heavy atom. The molecule has 4 nitrogen and oxygen atoms in total. The van der Waals surface area contributed by atoms with E-state index in [-0.39, 0.29) is 10.1 Å². The summed E-state index contributed by atoms with van der Waals surface area (Å²) in [6.45, 7) is 1.99. The quantitative estimate of drug-likeness (QED) is 0.568. The minimum Gasteiger partial charge on any atom is -0.268 e. The van der Waals surface area contributed by atoms with Crippen LogP contribution in [0.2, 0.25) is 9.36 Å². The Hall–Kier alpha value is -1.12. The molecule has 0 saturated heterocycles. The molecular formula is C18H14BrCl2NO3S2. The minimum atomic E-state index is -4.03. The Labute approximate surface area is 180 Å². The first kappa shape index (κ1) is 20.6. The molecule has 0 spiro atoms. The van der Waals surface area contributed by atoms with Crippen molar-refractivity contribution in [3.63, 3.8) is 0 Å². The molecule has 2 aromatic rings. The van der Waals surface area contributed by atoms with E-state index in [0.29, 0.717) is 19.4 Å². The number of thiophene rings is 1. The number of benzene rings is 1. The summed E-state index contributed by atoms with van der Waals surface area (Å²) in [5, 5.41) is 0.585. The van der Waals surface area contributed by atoms with E-state index in [1.54, 1.807) is 18.2 Å². The van der Waals surface area contributed by atoms with Crippen LogP contribution in [0.4, 0.5) is 0 Å². The molecule has 1 heterocycles. The van der Waals surface area contributed by atoms with Gasteiger partial charge in [-0.3, -0.25) is 4.79 Å². The van der Waals surface area contributed by atoms with Crippen LogP contribution in [0.1, 0.15) is 18.9 Å². The number of halogens is 3. The van der Waals surface area contributed by atoms with E-state index in [9.17, 15) is 13.2 Å². The number of carbonyl (C=O) groups is 1. The fourth-order valence-corrected chi connectivity index (χ4v) is 7.05. The molecule has 1 aliphatic carbocycles. The van der Waals surface area contributed by atoms with Crippen molar-refractivity contribution in [1.82, 2.24) is 4.72 Å². The lowest BCUT2D eigenvalue weighted by Gasteiger charge is -2.12. The molecule has 9 heteroatoms. The second-order valence-electron chi connectivity index (χ2n) is 5.84. The summed E-state index contributed by atoms with van der Waals surface area (Å²) >= 11 is 16.2. The molecule has 1 atom stereocenters. The monoisotopic (exact) mass is 505 g/mol. The highest BCUT2D eigenvalue weighted by Crippen LogP contribution is 2.38. The van der Waals surface area contributed by atoms with Gasteiger partial charge >= 0.3 is 0 Å². The van der Waals surface area contributed by atoms with Crippen molar-refractivity contribution in [2.24, 2.45) is 5.92 Å². The second kappa shape index (κ2) is 8.09. The summed E-state index contributed by atoms with van der Waals surface area (Å²) in [4.78, 5) is 12.6. The molecule has 1 amide bonds. The van der Waals surface area contributed by atoms with Crippen LogP contribution in [0.5, 0.6) is 0 Å². The van der Waals surface area contributed by atoms with E-state index >= 15 is 0 Å². The van der Waals surface area contributed by atoms with Gasteiger partial charge in [0.05, 0.1) is 8.81 Å². The van der Waals surface area contributed by atoms with Gasteiger partial charge in [0.2, 0.25) is 0 Å². The molecule has 1 N–H and O–H groups in total. The van der Waals surface area contributed by atoms with Gasteiger partial charge in [-0.15, -0.1) is 11.3 Å². The molecule has 0 bridgehead atoms. The second-order valence-corrected chi connectivity index (χ2v) is 10.7. The highest BCUT2D eigenvalue weighted by Gasteiger charge is 2.28. The zero-order valence-electron chi connectivity index (χ0n) is 14.0. The molecule has 0 radical (unpaired) electrons. The summed E-state index contributed by atoms with van der Waals surface area (Å²) in [6.07, 6.45) is 4.21. The van der Waals surface area contributed by atoms with Crippen LogP contribution < -0.4 is 4.72 Å². The third-order valence-electron chi connectivity index (χ3n) is 4.07. The van der Waals surface area contributed by atoms with Gasteiger partial charge in [-0.05, 0) is 51.7 Å². The number of amides is 1. The molecule has 1 unspecified atom stereocenters. The standard InChI is InChI=1S/C18H14BrCl2NO3S2/c1-2-10-7-11(8-13(10)12-5-3-4-6-15(12)20)17(23)22-27(24,25)18-14(19)9-16(21)26-18/h3-10H,2H2,1H3,(H,22,23). The first-order valence-corrected chi connectivity index (χ1v) is 11.8. The van der Waals surface area contributed by atoms with E-state index in [2.05, 4.69) is 20.7 Å². The lowest BCUT2D eigenvalue weighted by molar-refractivity contribution is -0.115. The van der Waals surface area contributed by atoms with Gasteiger partial charge in [0.25, 0.3) is 15.9 Å². The van der Waals surface area contributed by atoms with Crippen LogP contribution >= 0.6 is 50.5 Å². The average molecular weight is 507 g/mol. The number of allylic oxidation sites excluding steroid dienone is 2. The normalized spacial score (nSPS) is 16.8. The van der Waals surface area contributed by atoms with E-state index in [1.165, 1.54) is 6.07 Å². The third kappa shape index (κ3) is 4.32. The molecule has 1 aromatic heterocycles. The summed E-state index contributed by atoms with van der Waals surface area (Å²) in [7, 11) is -4.03. The van der Waals surface area contributed by atoms with Gasteiger partial charge in [0, 0.05) is 16.5 Å². The first-order valence-electron chi connectivity index (χ1n) is 7.93. The lowest BCUT2D eigenvalue weighted by atomic mass is 9.93. The molecule has 0 saturated carbocycles. The molecule has 0 aliphatic heterocycles. The smallest absolute Gasteiger partial charge is 0.268 e. The van der Waals surface area contributed by atoms with Crippen LogP contribution in [-0.4, -0.2) is 14.3 Å². The van der Waals surface area contributed by atoms with Crippen molar-refractivity contribution in [1.29, 1.82) is 0 Å². The number of nitrogens with one attached hydrogen (secondary N) is 1. The maximum absolute atomic E-state index is 12.6. The largest absolute Gasteiger partial charge is 0.275 e. The predicted octanol–water partition coefficient (Wildman–Crippen LogP) is 5.67. The van der Waals surface area contributed by atoms with E-state index in [1.807, 2.05) is 25.1 Å². The summed E-state index contributed by atoms with van der Waals surface area (Å²) in [5.41, 5.74) is 2.02. The summed E-state index contributed by atoms with van der Waals surface area (Å²) in [5.74, 6) is -0.705. The van der Waals surface area contributed by atoms with E-state index in [0.717, 1.165) is 28.9 Å². The fourth-order valence-electron chi connectivity index (χ4n) is 2.82. The molecule has 142 valence electrons. The van der Waals surface area contributed by atoms with Gasteiger partial charge in [0.1, 0.15) is 0 Å². The number of rotatable bonds is 5. The van der Waals surface area contributed by atoms with Gasteiger partial charge in [-0.2, -0.15) is 0 Å². The number of sulfonamides is 1. The Balaban J connectivity index is 1.89. The number of carbonyl (C=O) groups excluding carboxylic acids is 1. The molecule has 3 rings (SSSR count). The summed E-state index contributed by atoms with van der Waals surface area (Å²) < 4.78 is 27.7. The topological polar surface area (TPSA) is 63.2 Å². The van der Waals surface area contributed by atoms with Crippen LogP contribution in [0.15, 0.2) is 56.7 Å². The SMILES string of the molecule is CCC1C=C(C(=O)NS(=O)(=O)c2sc(Cl)cc2Br)C=C1c1ccccc1Cl. The zero-order chi connectivity index (χ0) is 19.8. The van der Waals surface area contributed by atoms with Crippen LogP contribution in [0, 0.1) is 5.92 Å². The maximum atomic E-state index is 12.6. The molecule has 0 fully saturated rings. The Morgan fingerprint density at radius 1 is 1.30 bits per heavy atom. The summed E-state index contributed by atoms with van der Waals surface area (Å²) in [6, 6.07) is 8.84. The zero-order valence-corrected chi connectivity index (χ0v) is 18.7. The molecule has 27 heavy (non-hydrogen) atoms. The Morgan fingerprint density at radius 3 is 2.59 bits per heavy atom. The van der Waals surface area contributed by atoms with Gasteiger partial charge < -0.3 is 0 Å². The fraction of sp³-hybridized carbons (Fsp3) is 0.167. The van der Waals surface area contributed by atoms with Crippen molar-refractivity contribution in [2.75, 3.05) is 0 Å². The van der Waals surface area contributed by atoms with Crippen molar-refractivity contribution in [2.45, 2.75) is 17.6 Å². The van der Waals surface area contributed by atoms with Gasteiger partial charge in [-0.1, -0.05) is 54.4 Å². The van der Waals surface area contributed by atoms with Crippen molar-refractivity contribution in [3.8, 4) is 0 Å². The number of hydrogen-bond donors (Lipinski definition) is 1. The maximum Gasteiger partial charge on any atom is 0.275 e. The minimum absolute atomic E-state index is 0.0173. The Bertz CT molecular complexity index is 1070. The van der Waals surface area contributed by atoms with Crippen molar-refractivity contribution >= 4 is 72.0 Å². The highest BCUT2D eigenvalue weighted by molar-refractivity contribution is 9.10. The van der Waals surface area contributed by atoms with Gasteiger partial charge in [-0.25, -0.2) is 13.1 Å². The highest BCUT2D eigenvalue weighted by atomic mass is 79.9. The molecule has 1 aliphatic rings. The van der Waals surface area contributed by atoms with E-state index in [4.69, 9.17) is 23.2 Å². The molecule has 1 aromatic carbocycles. The predicted molar refractivity (Wildman–Crippen MR) is 114 cm³/mol. The molecular weight excluding hydrogens is 493 g/mol. The van der Waals surface area contributed by atoms with E-state index < -0.39 is 15.9 Å².